The summed E-state index contributed by atoms with van der Waals surface area (Å²) in [5.74, 6) is 2.17. The summed E-state index contributed by atoms with van der Waals surface area (Å²) in [6, 6.07) is 14.1. The molecule has 1 atom stereocenters. The molecule has 0 saturated carbocycles. The van der Waals surface area contributed by atoms with Crippen LogP contribution in [0.2, 0.25) is 0 Å². The van der Waals surface area contributed by atoms with E-state index >= 15 is 0 Å². The van der Waals surface area contributed by atoms with Crippen molar-refractivity contribution in [3.8, 4) is 23.3 Å². The van der Waals surface area contributed by atoms with Gasteiger partial charge in [0.2, 0.25) is 12.7 Å². The van der Waals surface area contributed by atoms with E-state index in [4.69, 9.17) is 19.9 Å². The molecule has 126 valence electrons. The van der Waals surface area contributed by atoms with Crippen molar-refractivity contribution < 1.29 is 14.2 Å². The van der Waals surface area contributed by atoms with Gasteiger partial charge in [0.1, 0.15) is 17.4 Å². The zero-order chi connectivity index (χ0) is 17.6. The van der Waals surface area contributed by atoms with Crippen molar-refractivity contribution in [2.45, 2.75) is 25.7 Å². The predicted molar refractivity (Wildman–Crippen MR) is 92.4 cm³/mol. The molecule has 2 aliphatic heterocycles. The van der Waals surface area contributed by atoms with Gasteiger partial charge in [-0.05, 0) is 23.1 Å². The maximum Gasteiger partial charge on any atom is 0.231 e. The summed E-state index contributed by atoms with van der Waals surface area (Å²) in [4.78, 5) is 0. The minimum atomic E-state index is -0.288. The fourth-order valence-corrected chi connectivity index (χ4v) is 3.26. The largest absolute Gasteiger partial charge is 0.454 e. The second kappa shape index (κ2) is 5.75. The Balaban J connectivity index is 1.86. The van der Waals surface area contributed by atoms with E-state index in [1.54, 1.807) is 6.07 Å². The Morgan fingerprint density at radius 1 is 1.08 bits per heavy atom. The molecule has 5 heteroatoms. The summed E-state index contributed by atoms with van der Waals surface area (Å²) in [7, 11) is 0. The number of nitriles is 1. The third kappa shape index (κ3) is 2.47. The molecule has 2 heterocycles. The van der Waals surface area contributed by atoms with Gasteiger partial charge < -0.3 is 19.9 Å². The van der Waals surface area contributed by atoms with Crippen LogP contribution in [0, 0.1) is 11.3 Å². The Morgan fingerprint density at radius 2 is 1.76 bits per heavy atom. The monoisotopic (exact) mass is 334 g/mol. The number of ether oxygens (including phenoxy) is 3. The molecule has 2 aromatic rings. The van der Waals surface area contributed by atoms with E-state index in [0.717, 1.165) is 11.1 Å². The van der Waals surface area contributed by atoms with Gasteiger partial charge in [-0.1, -0.05) is 38.1 Å². The normalized spacial score (nSPS) is 17.9. The number of allylic oxidation sites excluding steroid dienone is 1. The molecule has 0 aromatic heterocycles. The quantitative estimate of drug-likeness (QED) is 0.905. The molecule has 4 rings (SSSR count). The Kier molecular flexibility index (Phi) is 3.54. The molecule has 0 spiro atoms. The number of fused-ring (bicyclic) bond motifs is 2. The topological polar surface area (TPSA) is 77.5 Å². The molecule has 0 aliphatic carbocycles. The van der Waals surface area contributed by atoms with Crippen molar-refractivity contribution in [2.24, 2.45) is 5.73 Å². The number of hydrogen-bond acceptors (Lipinski definition) is 5. The Hall–Kier alpha value is -3.13. The van der Waals surface area contributed by atoms with Gasteiger partial charge in [-0.3, -0.25) is 0 Å². The van der Waals surface area contributed by atoms with Crippen LogP contribution < -0.4 is 19.9 Å². The van der Waals surface area contributed by atoms with Crippen LogP contribution in [0.1, 0.15) is 42.4 Å². The maximum atomic E-state index is 9.63. The van der Waals surface area contributed by atoms with E-state index in [0.29, 0.717) is 28.7 Å². The molecule has 5 nitrogen and oxygen atoms in total. The van der Waals surface area contributed by atoms with E-state index < -0.39 is 0 Å². The van der Waals surface area contributed by atoms with Crippen LogP contribution in [0.5, 0.6) is 17.2 Å². The minimum Gasteiger partial charge on any atom is -0.454 e. The van der Waals surface area contributed by atoms with Crippen LogP contribution in [0.15, 0.2) is 47.9 Å². The first-order valence-electron chi connectivity index (χ1n) is 8.19. The van der Waals surface area contributed by atoms with Gasteiger partial charge in [-0.15, -0.1) is 0 Å². The van der Waals surface area contributed by atoms with Crippen molar-refractivity contribution >= 4 is 0 Å². The van der Waals surface area contributed by atoms with Crippen LogP contribution in [0.4, 0.5) is 0 Å². The average Bonchev–Trinajstić information content (AvgIpc) is 3.06. The van der Waals surface area contributed by atoms with Crippen LogP contribution in [0.3, 0.4) is 0 Å². The zero-order valence-electron chi connectivity index (χ0n) is 14.1. The van der Waals surface area contributed by atoms with Gasteiger partial charge in [0, 0.05) is 11.6 Å². The lowest BCUT2D eigenvalue weighted by molar-refractivity contribution is 0.174. The fourth-order valence-electron chi connectivity index (χ4n) is 3.26. The molecule has 0 saturated heterocycles. The van der Waals surface area contributed by atoms with Crippen molar-refractivity contribution in [2.75, 3.05) is 6.79 Å². The number of nitrogens with two attached hydrogens (primary N) is 1. The summed E-state index contributed by atoms with van der Waals surface area (Å²) in [6.07, 6.45) is 0. The Labute approximate surface area is 146 Å². The van der Waals surface area contributed by atoms with Gasteiger partial charge in [-0.2, -0.15) is 5.26 Å². The first-order chi connectivity index (χ1) is 12.1. The molecular formula is C20H18N2O3. The van der Waals surface area contributed by atoms with E-state index in [9.17, 15) is 5.26 Å². The van der Waals surface area contributed by atoms with Gasteiger partial charge in [0.05, 0.1) is 5.92 Å². The molecule has 0 amide bonds. The molecule has 25 heavy (non-hydrogen) atoms. The maximum absolute atomic E-state index is 9.63. The van der Waals surface area contributed by atoms with Crippen LogP contribution >= 0.6 is 0 Å². The first kappa shape index (κ1) is 15.4. The number of hydrogen-bond donors (Lipinski definition) is 1. The lowest BCUT2D eigenvalue weighted by Gasteiger charge is -2.27. The first-order valence-corrected chi connectivity index (χ1v) is 8.19. The highest BCUT2D eigenvalue weighted by Crippen LogP contribution is 2.47. The average molecular weight is 334 g/mol. The van der Waals surface area contributed by atoms with Crippen molar-refractivity contribution in [3.05, 3.63) is 64.5 Å². The van der Waals surface area contributed by atoms with Crippen LogP contribution in [-0.4, -0.2) is 6.79 Å². The highest BCUT2D eigenvalue weighted by Gasteiger charge is 2.33. The SMILES string of the molecule is CC(C)c1ccc([C@@H]2C(C#N)=C(N)Oc3cc4c(cc32)OCO4)cc1. The summed E-state index contributed by atoms with van der Waals surface area (Å²) in [5, 5.41) is 9.63. The van der Waals surface area contributed by atoms with E-state index in [-0.39, 0.29) is 18.6 Å². The number of benzene rings is 2. The smallest absolute Gasteiger partial charge is 0.231 e. The van der Waals surface area contributed by atoms with E-state index in [2.05, 4.69) is 32.0 Å². The Bertz CT molecular complexity index is 908. The minimum absolute atomic E-state index is 0.131. The van der Waals surface area contributed by atoms with Crippen molar-refractivity contribution in [1.82, 2.24) is 0 Å². The number of nitrogens with zero attached hydrogens (tertiary/aromatic N) is 1. The third-order valence-corrected chi connectivity index (χ3v) is 4.65. The lowest BCUT2D eigenvalue weighted by atomic mass is 9.82. The second-order valence-corrected chi connectivity index (χ2v) is 6.49. The van der Waals surface area contributed by atoms with Gasteiger partial charge in [0.15, 0.2) is 11.5 Å². The standard InChI is InChI=1S/C20H18N2O3/c1-11(2)12-3-5-13(6-4-12)19-14-7-17-18(24-10-23-17)8-16(14)25-20(22)15(19)9-21/h3-8,11,19H,10,22H2,1-2H3/t19-/m0/s1. The second-order valence-electron chi connectivity index (χ2n) is 6.49. The van der Waals surface area contributed by atoms with Gasteiger partial charge in [0.25, 0.3) is 0 Å². The third-order valence-electron chi connectivity index (χ3n) is 4.65. The molecule has 2 aliphatic rings. The Morgan fingerprint density at radius 3 is 2.40 bits per heavy atom. The number of rotatable bonds is 2. The molecule has 2 N–H and O–H groups in total. The van der Waals surface area contributed by atoms with Crippen molar-refractivity contribution in [1.29, 1.82) is 5.26 Å². The lowest BCUT2D eigenvalue weighted by Crippen LogP contribution is -2.21. The van der Waals surface area contributed by atoms with Gasteiger partial charge >= 0.3 is 0 Å². The van der Waals surface area contributed by atoms with Gasteiger partial charge in [-0.25, -0.2) is 0 Å². The highest BCUT2D eigenvalue weighted by atomic mass is 16.7. The molecule has 0 radical (unpaired) electrons. The summed E-state index contributed by atoms with van der Waals surface area (Å²) in [6.45, 7) is 4.48. The molecule has 0 unspecified atom stereocenters. The molecule has 0 bridgehead atoms. The summed E-state index contributed by atoms with van der Waals surface area (Å²) in [5.41, 5.74) is 9.52. The summed E-state index contributed by atoms with van der Waals surface area (Å²) < 4.78 is 16.6. The zero-order valence-corrected chi connectivity index (χ0v) is 14.1. The van der Waals surface area contributed by atoms with E-state index in [1.165, 1.54) is 5.56 Å². The van der Waals surface area contributed by atoms with Crippen LogP contribution in [-0.2, 0) is 0 Å². The van der Waals surface area contributed by atoms with Crippen molar-refractivity contribution in [3.63, 3.8) is 0 Å². The molecular weight excluding hydrogens is 316 g/mol. The molecule has 0 fully saturated rings. The highest BCUT2D eigenvalue weighted by molar-refractivity contribution is 5.61. The predicted octanol–water partition coefficient (Wildman–Crippen LogP) is 3.76. The fraction of sp³-hybridized carbons (Fsp3) is 0.250. The van der Waals surface area contributed by atoms with Crippen LogP contribution in [0.25, 0.3) is 0 Å². The molecule has 2 aromatic carbocycles. The van der Waals surface area contributed by atoms with E-state index in [1.807, 2.05) is 18.2 Å². The summed E-state index contributed by atoms with van der Waals surface area (Å²) >= 11 is 0.